The Labute approximate surface area is 120 Å². The summed E-state index contributed by atoms with van der Waals surface area (Å²) in [6.45, 7) is 1.91. The smallest absolute Gasteiger partial charge is 0.263 e. The molecule has 102 valence electrons. The quantitative estimate of drug-likeness (QED) is 0.781. The molecule has 0 unspecified atom stereocenters. The Morgan fingerprint density at radius 3 is 3.30 bits per heavy atom. The molecule has 0 fully saturated rings. The molecule has 0 bridgehead atoms. The van der Waals surface area contributed by atoms with E-state index >= 15 is 0 Å². The maximum Gasteiger partial charge on any atom is 0.263 e. The second kappa shape index (κ2) is 4.56. The number of nitrogens with zero attached hydrogens (tertiary/aromatic N) is 3. The molecule has 3 aromatic heterocycles. The van der Waals surface area contributed by atoms with Gasteiger partial charge in [-0.2, -0.15) is 4.98 Å². The molecule has 5 nitrogen and oxygen atoms in total. The molecule has 1 aliphatic carbocycles. The first-order valence-corrected chi connectivity index (χ1v) is 7.60. The van der Waals surface area contributed by atoms with Crippen molar-refractivity contribution in [3.05, 3.63) is 33.9 Å². The van der Waals surface area contributed by atoms with Crippen LogP contribution in [0.25, 0.3) is 11.1 Å². The van der Waals surface area contributed by atoms with Crippen LogP contribution >= 0.6 is 11.3 Å². The van der Waals surface area contributed by atoms with E-state index < -0.39 is 0 Å². The summed E-state index contributed by atoms with van der Waals surface area (Å²) >= 11 is 1.84. The Morgan fingerprint density at radius 2 is 2.35 bits per heavy atom. The van der Waals surface area contributed by atoms with Crippen molar-refractivity contribution in [1.29, 1.82) is 0 Å². The topological polar surface area (TPSA) is 63.8 Å². The van der Waals surface area contributed by atoms with Gasteiger partial charge in [-0.05, 0) is 43.2 Å². The summed E-state index contributed by atoms with van der Waals surface area (Å²) < 4.78 is 5.19. The number of hydrogen-bond donors (Lipinski definition) is 1. The van der Waals surface area contributed by atoms with Gasteiger partial charge in [0.2, 0.25) is 0 Å². The number of aromatic nitrogens is 3. The van der Waals surface area contributed by atoms with Crippen molar-refractivity contribution in [2.24, 2.45) is 0 Å². The van der Waals surface area contributed by atoms with Crippen LogP contribution in [0.2, 0.25) is 0 Å². The van der Waals surface area contributed by atoms with Crippen molar-refractivity contribution in [2.45, 2.75) is 32.2 Å². The lowest BCUT2D eigenvalue weighted by atomic mass is 9.94. The molecule has 20 heavy (non-hydrogen) atoms. The van der Waals surface area contributed by atoms with Gasteiger partial charge < -0.3 is 9.84 Å². The summed E-state index contributed by atoms with van der Waals surface area (Å²) in [5.41, 5.74) is 2.77. The van der Waals surface area contributed by atoms with Crippen molar-refractivity contribution < 1.29 is 4.52 Å². The fourth-order valence-corrected chi connectivity index (χ4v) is 3.82. The van der Waals surface area contributed by atoms with Crippen molar-refractivity contribution in [1.82, 2.24) is 15.1 Å². The molecule has 1 N–H and O–H groups in total. The largest absolute Gasteiger partial charge is 0.362 e. The lowest BCUT2D eigenvalue weighted by molar-refractivity contribution is 0.442. The molecule has 0 spiro atoms. The Bertz CT molecular complexity index is 763. The van der Waals surface area contributed by atoms with E-state index in [0.29, 0.717) is 11.8 Å². The molecule has 4 rings (SSSR count). The second-order valence-corrected chi connectivity index (χ2v) is 6.06. The van der Waals surface area contributed by atoms with Crippen LogP contribution in [0.15, 0.2) is 22.3 Å². The molecule has 0 saturated carbocycles. The first-order chi connectivity index (χ1) is 9.83. The Morgan fingerprint density at radius 1 is 1.40 bits per heavy atom. The van der Waals surface area contributed by atoms with E-state index in [2.05, 4.69) is 31.9 Å². The third-order valence-corrected chi connectivity index (χ3v) is 4.80. The van der Waals surface area contributed by atoms with Crippen LogP contribution in [0.5, 0.6) is 0 Å². The first-order valence-electron chi connectivity index (χ1n) is 6.72. The molecule has 0 aliphatic heterocycles. The third-order valence-electron chi connectivity index (χ3n) is 3.81. The van der Waals surface area contributed by atoms with Crippen molar-refractivity contribution in [2.75, 3.05) is 5.32 Å². The van der Waals surface area contributed by atoms with E-state index in [9.17, 15) is 0 Å². The predicted molar refractivity (Wildman–Crippen MR) is 78.0 cm³/mol. The highest BCUT2D eigenvalue weighted by atomic mass is 32.1. The van der Waals surface area contributed by atoms with E-state index in [4.69, 9.17) is 4.52 Å². The van der Waals surface area contributed by atoms with Gasteiger partial charge >= 0.3 is 0 Å². The van der Waals surface area contributed by atoms with E-state index in [0.717, 1.165) is 23.3 Å². The average Bonchev–Trinajstić information content (AvgIpc) is 3.07. The molecule has 1 atom stereocenters. The van der Waals surface area contributed by atoms with Gasteiger partial charge in [-0.15, -0.1) is 11.3 Å². The monoisotopic (exact) mass is 286 g/mol. The maximum absolute atomic E-state index is 5.19. The number of hydrogen-bond acceptors (Lipinski definition) is 6. The zero-order valence-corrected chi connectivity index (χ0v) is 11.9. The summed E-state index contributed by atoms with van der Waals surface area (Å²) in [7, 11) is 0. The summed E-state index contributed by atoms with van der Waals surface area (Å²) in [4.78, 5) is 9.97. The Kier molecular flexibility index (Phi) is 2.70. The van der Waals surface area contributed by atoms with Gasteiger partial charge in [0.05, 0.1) is 11.7 Å². The summed E-state index contributed by atoms with van der Waals surface area (Å²) in [5, 5.41) is 10.6. The Balaban J connectivity index is 1.74. The van der Waals surface area contributed by atoms with Gasteiger partial charge in [0.25, 0.3) is 5.71 Å². The minimum atomic E-state index is 0.317. The number of aryl methyl sites for hydroxylation is 2. The van der Waals surface area contributed by atoms with Crippen molar-refractivity contribution >= 4 is 28.3 Å². The van der Waals surface area contributed by atoms with E-state index in [1.54, 1.807) is 0 Å². The third kappa shape index (κ3) is 1.79. The molecular formula is C14H14N4OS. The first kappa shape index (κ1) is 11.8. The molecule has 0 amide bonds. The highest BCUT2D eigenvalue weighted by molar-refractivity contribution is 7.10. The number of nitrogens with one attached hydrogen (secondary N) is 1. The van der Waals surface area contributed by atoms with Crippen LogP contribution in [0, 0.1) is 6.92 Å². The summed E-state index contributed by atoms with van der Waals surface area (Å²) in [6, 6.07) is 2.53. The highest BCUT2D eigenvalue weighted by Crippen LogP contribution is 2.36. The van der Waals surface area contributed by atoms with Crippen LogP contribution < -0.4 is 5.32 Å². The summed E-state index contributed by atoms with van der Waals surface area (Å²) in [5.74, 6) is 0.817. The molecule has 0 radical (unpaired) electrons. The predicted octanol–water partition coefficient (Wildman–Crippen LogP) is 3.48. The minimum absolute atomic E-state index is 0.317. The lowest BCUT2D eigenvalue weighted by Crippen LogP contribution is -2.16. The van der Waals surface area contributed by atoms with Crippen LogP contribution in [-0.2, 0) is 6.42 Å². The van der Waals surface area contributed by atoms with Gasteiger partial charge in [-0.25, -0.2) is 4.98 Å². The molecule has 3 heterocycles. The average molecular weight is 286 g/mol. The second-order valence-electron chi connectivity index (χ2n) is 5.06. The van der Waals surface area contributed by atoms with Gasteiger partial charge in [-0.1, -0.05) is 5.16 Å². The summed E-state index contributed by atoms with van der Waals surface area (Å²) in [6.07, 6.45) is 5.05. The lowest BCUT2D eigenvalue weighted by Gasteiger charge is -2.24. The zero-order valence-electron chi connectivity index (χ0n) is 11.1. The van der Waals surface area contributed by atoms with Crippen LogP contribution in [0.4, 0.5) is 5.82 Å². The van der Waals surface area contributed by atoms with Crippen LogP contribution in [0.1, 0.15) is 35.0 Å². The fraction of sp³-hybridized carbons (Fsp3) is 0.357. The van der Waals surface area contributed by atoms with Crippen LogP contribution in [-0.4, -0.2) is 15.1 Å². The molecule has 6 heteroatoms. The molecule has 0 saturated heterocycles. The molecule has 1 aliphatic rings. The van der Waals surface area contributed by atoms with E-state index in [1.165, 1.54) is 29.6 Å². The van der Waals surface area contributed by atoms with Gasteiger partial charge in [0.1, 0.15) is 17.5 Å². The van der Waals surface area contributed by atoms with Crippen LogP contribution in [0.3, 0.4) is 0 Å². The zero-order chi connectivity index (χ0) is 13.5. The van der Waals surface area contributed by atoms with E-state index in [1.807, 2.05) is 18.3 Å². The highest BCUT2D eigenvalue weighted by Gasteiger charge is 2.23. The number of rotatable bonds is 2. The Hall–Kier alpha value is -1.95. The number of thiophene rings is 1. The van der Waals surface area contributed by atoms with Crippen molar-refractivity contribution in [3.63, 3.8) is 0 Å². The van der Waals surface area contributed by atoms with Gasteiger partial charge in [0.15, 0.2) is 0 Å². The fourth-order valence-electron chi connectivity index (χ4n) is 2.83. The number of anilines is 1. The molecule has 3 aromatic rings. The van der Waals surface area contributed by atoms with Crippen molar-refractivity contribution in [3.8, 4) is 0 Å². The number of fused-ring (bicyclic) bond motifs is 2. The normalized spacial score (nSPS) is 18.1. The molecular weight excluding hydrogens is 272 g/mol. The standard InChI is InChI=1S/C14H14N4OS/c1-8-12-13(15-7-16-14(12)19-18-8)17-10-3-2-4-11-9(10)5-6-20-11/h5-7,10H,2-4H2,1H3,(H,15,16,17)/t10-/m0/s1. The van der Waals surface area contributed by atoms with E-state index in [-0.39, 0.29) is 0 Å². The molecule has 0 aromatic carbocycles. The maximum atomic E-state index is 5.19. The SMILES string of the molecule is Cc1noc2ncnc(N[C@H]3CCCc4sccc43)c12. The van der Waals surface area contributed by atoms with Gasteiger partial charge in [-0.3, -0.25) is 0 Å². The minimum Gasteiger partial charge on any atom is -0.362 e. The van der Waals surface area contributed by atoms with Gasteiger partial charge in [0, 0.05) is 4.88 Å².